The number of benzene rings is 1. The number of amides is 1. The molecule has 0 saturated carbocycles. The molecule has 3 aliphatic heterocycles. The quantitative estimate of drug-likeness (QED) is 0.334. The van der Waals surface area contributed by atoms with E-state index in [4.69, 9.17) is 18.9 Å². The van der Waals surface area contributed by atoms with Gasteiger partial charge in [0.15, 0.2) is 16.7 Å². The van der Waals surface area contributed by atoms with E-state index in [1.165, 1.54) is 17.8 Å². The summed E-state index contributed by atoms with van der Waals surface area (Å²) in [6.07, 6.45) is 1.67. The molecule has 1 N–H and O–H groups in total. The minimum absolute atomic E-state index is 0.0772. The Bertz CT molecular complexity index is 1160. The van der Waals surface area contributed by atoms with Crippen LogP contribution < -0.4 is 14.8 Å². The number of hydrogen-bond acceptors (Lipinski definition) is 10. The number of ether oxygens (including phenoxy) is 4. The molecule has 0 bridgehead atoms. The highest BCUT2D eigenvalue weighted by atomic mass is 32.2. The maximum absolute atomic E-state index is 13.2. The number of aliphatic imine (C=N–C) groups is 1. The number of esters is 1. The Labute approximate surface area is 227 Å². The van der Waals surface area contributed by atoms with E-state index in [2.05, 4.69) is 21.8 Å². The van der Waals surface area contributed by atoms with E-state index < -0.39 is 12.0 Å². The van der Waals surface area contributed by atoms with Gasteiger partial charge in [0.25, 0.3) is 0 Å². The van der Waals surface area contributed by atoms with Crippen LogP contribution in [0.5, 0.6) is 11.5 Å². The molecule has 1 amide bonds. The lowest BCUT2D eigenvalue weighted by Crippen LogP contribution is -2.42. The van der Waals surface area contributed by atoms with Gasteiger partial charge in [-0.15, -0.1) is 0 Å². The van der Waals surface area contributed by atoms with Crippen molar-refractivity contribution in [3.63, 3.8) is 0 Å². The number of methoxy groups -OCH3 is 2. The van der Waals surface area contributed by atoms with Gasteiger partial charge in [0.1, 0.15) is 6.61 Å². The molecule has 1 saturated heterocycles. The van der Waals surface area contributed by atoms with Gasteiger partial charge in [-0.2, -0.15) is 0 Å². The second-order valence-electron chi connectivity index (χ2n) is 8.88. The minimum atomic E-state index is -0.568. The first kappa shape index (κ1) is 27.7. The Morgan fingerprint density at radius 2 is 2.00 bits per heavy atom. The van der Waals surface area contributed by atoms with Crippen LogP contribution in [0.4, 0.5) is 0 Å². The monoisotopic (exact) mass is 542 g/mol. The summed E-state index contributed by atoms with van der Waals surface area (Å²) in [4.78, 5) is 35.1. The van der Waals surface area contributed by atoms with Crippen LogP contribution >= 0.6 is 11.8 Å². The first-order valence-corrected chi connectivity index (χ1v) is 13.4. The summed E-state index contributed by atoms with van der Waals surface area (Å²) in [5.74, 6) is 0.517. The average Bonchev–Trinajstić information content (AvgIpc) is 3.32. The number of carbonyl (C=O) groups excluding carboxylic acids is 2. The molecule has 0 radical (unpaired) electrons. The highest BCUT2D eigenvalue weighted by molar-refractivity contribution is 8.16. The van der Waals surface area contributed by atoms with Gasteiger partial charge in [-0.05, 0) is 30.0 Å². The lowest BCUT2D eigenvalue weighted by Gasteiger charge is -2.36. The van der Waals surface area contributed by atoms with Gasteiger partial charge in [-0.3, -0.25) is 9.69 Å². The van der Waals surface area contributed by atoms with Crippen LogP contribution in [0.2, 0.25) is 0 Å². The summed E-state index contributed by atoms with van der Waals surface area (Å²) < 4.78 is 21.8. The number of amidine groups is 1. The zero-order valence-electron chi connectivity index (χ0n) is 22.0. The summed E-state index contributed by atoms with van der Waals surface area (Å²) in [5.41, 5.74) is 2.48. The van der Waals surface area contributed by atoms with Crippen molar-refractivity contribution in [2.24, 2.45) is 4.99 Å². The molecule has 0 unspecified atom stereocenters. The van der Waals surface area contributed by atoms with Crippen LogP contribution in [0.3, 0.4) is 0 Å². The van der Waals surface area contributed by atoms with Crippen molar-refractivity contribution in [2.45, 2.75) is 19.4 Å². The third kappa shape index (κ3) is 6.23. The normalized spacial score (nSPS) is 19.3. The van der Waals surface area contributed by atoms with Gasteiger partial charge in [0, 0.05) is 31.9 Å². The van der Waals surface area contributed by atoms with Gasteiger partial charge in [-0.1, -0.05) is 30.5 Å². The third-order valence-corrected chi connectivity index (χ3v) is 7.36. The number of nitrogens with zero attached hydrogens (tertiary/aromatic N) is 3. The van der Waals surface area contributed by atoms with Crippen LogP contribution in [0.1, 0.15) is 24.9 Å². The number of allylic oxidation sites excluding steroid dienone is 1. The number of hydrogen-bond donors (Lipinski definition) is 1. The molecule has 0 spiro atoms. The number of fused-ring (bicyclic) bond motifs is 1. The fraction of sp³-hybridized carbons (Fsp3) is 0.444. The van der Waals surface area contributed by atoms with Gasteiger partial charge in [0.2, 0.25) is 5.91 Å². The third-order valence-electron chi connectivity index (χ3n) is 6.47. The van der Waals surface area contributed by atoms with Gasteiger partial charge in [-0.25, -0.2) is 9.79 Å². The molecule has 1 aromatic rings. The van der Waals surface area contributed by atoms with Crippen molar-refractivity contribution in [1.82, 2.24) is 15.1 Å². The second-order valence-corrected chi connectivity index (χ2v) is 9.71. The van der Waals surface area contributed by atoms with Crippen LogP contribution in [0, 0.1) is 0 Å². The number of carbonyl (C=O) groups is 2. The summed E-state index contributed by atoms with van der Waals surface area (Å²) in [6.45, 7) is 10.0. The molecule has 3 aliphatic rings. The smallest absolute Gasteiger partial charge is 0.338 e. The summed E-state index contributed by atoms with van der Waals surface area (Å²) in [5, 5.41) is 5.63. The van der Waals surface area contributed by atoms with E-state index in [9.17, 15) is 9.59 Å². The number of thioether (sulfide) groups is 1. The maximum atomic E-state index is 13.2. The Morgan fingerprint density at radius 1 is 1.24 bits per heavy atom. The fourth-order valence-electron chi connectivity index (χ4n) is 4.59. The van der Waals surface area contributed by atoms with E-state index in [1.807, 2.05) is 22.4 Å². The second kappa shape index (κ2) is 13.0. The summed E-state index contributed by atoms with van der Waals surface area (Å²) >= 11 is 1.43. The van der Waals surface area contributed by atoms with E-state index in [0.29, 0.717) is 34.5 Å². The van der Waals surface area contributed by atoms with Gasteiger partial charge < -0.3 is 29.2 Å². The zero-order valence-corrected chi connectivity index (χ0v) is 22.8. The van der Waals surface area contributed by atoms with Gasteiger partial charge >= 0.3 is 5.97 Å². The fourth-order valence-corrected chi connectivity index (χ4v) is 5.55. The molecular weight excluding hydrogens is 508 g/mol. The Hall–Kier alpha value is -3.28. The van der Waals surface area contributed by atoms with Crippen molar-refractivity contribution < 1.29 is 28.5 Å². The van der Waals surface area contributed by atoms with Gasteiger partial charge in [0.05, 0.1) is 51.2 Å². The first-order chi connectivity index (χ1) is 18.5. The van der Waals surface area contributed by atoms with E-state index >= 15 is 0 Å². The molecule has 1 aromatic carbocycles. The van der Waals surface area contributed by atoms with Crippen LogP contribution in [-0.2, 0) is 19.1 Å². The van der Waals surface area contributed by atoms with Crippen molar-refractivity contribution in [1.29, 1.82) is 0 Å². The lowest BCUT2D eigenvalue weighted by atomic mass is 9.93. The molecule has 1 atom stereocenters. The number of morpholine rings is 1. The molecule has 38 heavy (non-hydrogen) atoms. The lowest BCUT2D eigenvalue weighted by molar-refractivity contribution is -0.138. The highest BCUT2D eigenvalue weighted by Crippen LogP contribution is 2.46. The Morgan fingerprint density at radius 3 is 2.71 bits per heavy atom. The molecule has 3 heterocycles. The largest absolute Gasteiger partial charge is 0.493 e. The average molecular weight is 543 g/mol. The molecule has 204 valence electrons. The maximum Gasteiger partial charge on any atom is 0.338 e. The number of rotatable bonds is 11. The topological polar surface area (TPSA) is 102 Å². The zero-order chi connectivity index (χ0) is 27.1. The summed E-state index contributed by atoms with van der Waals surface area (Å²) in [7, 11) is 3.13. The van der Waals surface area contributed by atoms with Crippen molar-refractivity contribution in [3.8, 4) is 11.5 Å². The van der Waals surface area contributed by atoms with E-state index in [-0.39, 0.29) is 18.9 Å². The first-order valence-electron chi connectivity index (χ1n) is 12.5. The summed E-state index contributed by atoms with van der Waals surface area (Å²) in [6, 6.07) is 4.95. The molecular formula is C27H34N4O6S. The minimum Gasteiger partial charge on any atom is -0.493 e. The standard InChI is InChI=1S/C27H34N4O6S/c1-5-12-37-26(33)24-18(2)29-27-31(25(24)19-6-7-21(34-3)22(15-19)35-4)20(17-38-27)16-23(32)28-8-9-30-10-13-36-14-11-30/h5-7,15,17,25H,1,8-14,16H2,2-4H3,(H,28,32)/t25-/m0/s1. The van der Waals surface area contributed by atoms with Crippen LogP contribution in [0.15, 0.2) is 58.2 Å². The predicted molar refractivity (Wildman–Crippen MR) is 146 cm³/mol. The predicted octanol–water partition coefficient (Wildman–Crippen LogP) is 2.85. The molecule has 0 aliphatic carbocycles. The Balaban J connectivity index is 1.58. The van der Waals surface area contributed by atoms with E-state index in [1.54, 1.807) is 27.2 Å². The highest BCUT2D eigenvalue weighted by Gasteiger charge is 2.41. The molecule has 0 aromatic heterocycles. The van der Waals surface area contributed by atoms with Crippen molar-refractivity contribution in [3.05, 3.63) is 58.8 Å². The number of nitrogens with one attached hydrogen (secondary N) is 1. The van der Waals surface area contributed by atoms with Crippen LogP contribution in [-0.4, -0.2) is 87.1 Å². The van der Waals surface area contributed by atoms with Crippen molar-refractivity contribution in [2.75, 3.05) is 60.2 Å². The van der Waals surface area contributed by atoms with Crippen molar-refractivity contribution >= 4 is 28.8 Å². The SMILES string of the molecule is C=CCOC(=O)C1=C(C)N=C2SC=C(CC(=O)NCCN3CCOCC3)N2[C@H]1c1ccc(OC)c(OC)c1. The molecule has 11 heteroatoms. The molecule has 1 fully saturated rings. The molecule has 10 nitrogen and oxygen atoms in total. The molecule has 4 rings (SSSR count). The Kier molecular flexibility index (Phi) is 9.48. The van der Waals surface area contributed by atoms with Crippen LogP contribution in [0.25, 0.3) is 0 Å². The van der Waals surface area contributed by atoms with E-state index in [0.717, 1.165) is 44.1 Å².